The Morgan fingerprint density at radius 2 is 1.92 bits per heavy atom. The highest BCUT2D eigenvalue weighted by Gasteiger charge is 2.22. The highest BCUT2D eigenvalue weighted by atomic mass is 127. The number of hydrogen-bond acceptors (Lipinski definition) is 3. The SMILES string of the molecule is CCNC(=NCC(C)(O)c1ccccc1)NCC(C)c1cccs1.I. The van der Waals surface area contributed by atoms with Gasteiger partial charge in [0.15, 0.2) is 5.96 Å². The van der Waals surface area contributed by atoms with Crippen molar-refractivity contribution in [1.82, 2.24) is 10.6 Å². The summed E-state index contributed by atoms with van der Waals surface area (Å²) in [4.78, 5) is 5.92. The van der Waals surface area contributed by atoms with Gasteiger partial charge in [0, 0.05) is 23.9 Å². The van der Waals surface area contributed by atoms with Crippen LogP contribution < -0.4 is 10.6 Å². The maximum absolute atomic E-state index is 10.7. The lowest BCUT2D eigenvalue weighted by Gasteiger charge is -2.23. The molecule has 0 aliphatic rings. The van der Waals surface area contributed by atoms with Crippen LogP contribution in [0.4, 0.5) is 0 Å². The largest absolute Gasteiger partial charge is 0.384 e. The third-order valence-corrected chi connectivity index (χ3v) is 4.99. The van der Waals surface area contributed by atoms with Gasteiger partial charge in [-0.05, 0) is 30.9 Å². The van der Waals surface area contributed by atoms with E-state index in [4.69, 9.17) is 0 Å². The zero-order valence-corrected chi connectivity index (χ0v) is 18.2. The van der Waals surface area contributed by atoms with Crippen LogP contribution in [0.15, 0.2) is 52.8 Å². The van der Waals surface area contributed by atoms with Gasteiger partial charge in [0.05, 0.1) is 6.54 Å². The molecule has 0 aliphatic heterocycles. The molecule has 0 spiro atoms. The molecule has 0 amide bonds. The predicted molar refractivity (Wildman–Crippen MR) is 118 cm³/mol. The van der Waals surface area contributed by atoms with Crippen LogP contribution in [0.1, 0.15) is 37.1 Å². The summed E-state index contributed by atoms with van der Waals surface area (Å²) in [5.74, 6) is 1.15. The van der Waals surface area contributed by atoms with Crippen molar-refractivity contribution >= 4 is 41.3 Å². The van der Waals surface area contributed by atoms with E-state index < -0.39 is 5.60 Å². The van der Waals surface area contributed by atoms with Crippen molar-refractivity contribution in [3.63, 3.8) is 0 Å². The van der Waals surface area contributed by atoms with E-state index in [9.17, 15) is 5.11 Å². The molecular formula is C19H28IN3OS. The van der Waals surface area contributed by atoms with Crippen molar-refractivity contribution in [2.75, 3.05) is 19.6 Å². The standard InChI is InChI=1S/C19H27N3OS.HI/c1-4-20-18(21-13-15(2)17-11-8-12-24-17)22-14-19(3,23)16-9-6-5-7-10-16;/h5-12,15,23H,4,13-14H2,1-3H3,(H2,20,21,22);1H. The fourth-order valence-corrected chi connectivity index (χ4v) is 3.17. The number of rotatable bonds is 7. The van der Waals surface area contributed by atoms with Gasteiger partial charge in [-0.1, -0.05) is 43.3 Å². The van der Waals surface area contributed by atoms with Crippen LogP contribution >= 0.6 is 35.3 Å². The molecule has 3 N–H and O–H groups in total. The summed E-state index contributed by atoms with van der Waals surface area (Å²) in [6.07, 6.45) is 0. The van der Waals surface area contributed by atoms with Crippen LogP contribution in [0.5, 0.6) is 0 Å². The van der Waals surface area contributed by atoms with Gasteiger partial charge in [-0.15, -0.1) is 35.3 Å². The quantitative estimate of drug-likeness (QED) is 0.325. The fourth-order valence-electron chi connectivity index (χ4n) is 2.39. The molecule has 4 nitrogen and oxygen atoms in total. The summed E-state index contributed by atoms with van der Waals surface area (Å²) in [7, 11) is 0. The molecule has 138 valence electrons. The molecule has 0 saturated carbocycles. The zero-order valence-electron chi connectivity index (χ0n) is 15.0. The molecule has 6 heteroatoms. The highest BCUT2D eigenvalue weighted by molar-refractivity contribution is 14.0. The van der Waals surface area contributed by atoms with E-state index in [1.165, 1.54) is 4.88 Å². The van der Waals surface area contributed by atoms with E-state index in [1.807, 2.05) is 37.3 Å². The molecule has 0 fully saturated rings. The van der Waals surface area contributed by atoms with Gasteiger partial charge in [0.2, 0.25) is 0 Å². The molecule has 0 bridgehead atoms. The van der Waals surface area contributed by atoms with Gasteiger partial charge < -0.3 is 15.7 Å². The third-order valence-electron chi connectivity index (χ3n) is 3.89. The Hall–Kier alpha value is -1.12. The van der Waals surface area contributed by atoms with Crippen LogP contribution in [-0.2, 0) is 5.60 Å². The fraction of sp³-hybridized carbons (Fsp3) is 0.421. The highest BCUT2D eigenvalue weighted by Crippen LogP contribution is 2.21. The summed E-state index contributed by atoms with van der Waals surface area (Å²) < 4.78 is 0. The number of aliphatic imine (C=N–C) groups is 1. The molecule has 2 rings (SSSR count). The van der Waals surface area contributed by atoms with E-state index >= 15 is 0 Å². The number of guanidine groups is 1. The van der Waals surface area contributed by atoms with Gasteiger partial charge in [0.25, 0.3) is 0 Å². The molecule has 1 heterocycles. The van der Waals surface area contributed by atoms with Gasteiger partial charge >= 0.3 is 0 Å². The molecule has 1 aromatic carbocycles. The first-order valence-electron chi connectivity index (χ1n) is 8.36. The molecule has 2 unspecified atom stereocenters. The van der Waals surface area contributed by atoms with Crippen molar-refractivity contribution < 1.29 is 5.11 Å². The molecule has 0 saturated heterocycles. The molecule has 0 radical (unpaired) electrons. The third kappa shape index (κ3) is 6.95. The number of nitrogens with zero attached hydrogens (tertiary/aromatic N) is 1. The minimum Gasteiger partial charge on any atom is -0.384 e. The number of hydrogen-bond donors (Lipinski definition) is 3. The van der Waals surface area contributed by atoms with E-state index in [0.29, 0.717) is 12.5 Å². The number of halogens is 1. The van der Waals surface area contributed by atoms with Crippen LogP contribution in [0, 0.1) is 0 Å². The first kappa shape index (κ1) is 21.9. The maximum Gasteiger partial charge on any atom is 0.191 e. The van der Waals surface area contributed by atoms with E-state index in [2.05, 4.69) is 40.1 Å². The maximum atomic E-state index is 10.7. The minimum atomic E-state index is -0.983. The Morgan fingerprint density at radius 1 is 1.20 bits per heavy atom. The first-order chi connectivity index (χ1) is 11.5. The van der Waals surface area contributed by atoms with Crippen molar-refractivity contribution in [3.05, 3.63) is 58.3 Å². The molecular weight excluding hydrogens is 445 g/mol. The number of nitrogens with one attached hydrogen (secondary N) is 2. The smallest absolute Gasteiger partial charge is 0.191 e. The van der Waals surface area contributed by atoms with Crippen LogP contribution in [0.25, 0.3) is 0 Å². The summed E-state index contributed by atoms with van der Waals surface area (Å²) in [6, 6.07) is 13.9. The molecule has 1 aromatic heterocycles. The summed E-state index contributed by atoms with van der Waals surface area (Å²) in [6.45, 7) is 7.92. The van der Waals surface area contributed by atoms with Gasteiger partial charge in [-0.2, -0.15) is 0 Å². The predicted octanol–water partition coefficient (Wildman–Crippen LogP) is 3.93. The first-order valence-corrected chi connectivity index (χ1v) is 9.24. The molecule has 25 heavy (non-hydrogen) atoms. The second-order valence-electron chi connectivity index (χ2n) is 6.13. The molecule has 0 aliphatic carbocycles. The second-order valence-corrected chi connectivity index (χ2v) is 7.11. The van der Waals surface area contributed by atoms with Crippen LogP contribution in [0.2, 0.25) is 0 Å². The Bertz CT molecular complexity index is 629. The number of benzene rings is 1. The summed E-state index contributed by atoms with van der Waals surface area (Å²) in [5, 5.41) is 19.4. The van der Waals surface area contributed by atoms with E-state index in [1.54, 1.807) is 18.3 Å². The van der Waals surface area contributed by atoms with Crippen LogP contribution in [-0.4, -0.2) is 30.7 Å². The lowest BCUT2D eigenvalue weighted by atomic mass is 9.96. The van der Waals surface area contributed by atoms with Crippen LogP contribution in [0.3, 0.4) is 0 Å². The van der Waals surface area contributed by atoms with Crippen molar-refractivity contribution in [2.24, 2.45) is 4.99 Å². The number of aliphatic hydroxyl groups is 1. The van der Waals surface area contributed by atoms with E-state index in [-0.39, 0.29) is 24.0 Å². The Kier molecular flexibility index (Phi) is 9.45. The Labute approximate surface area is 171 Å². The molecule has 2 aromatic rings. The Balaban J connectivity index is 0.00000312. The second kappa shape index (κ2) is 10.8. The summed E-state index contributed by atoms with van der Waals surface area (Å²) >= 11 is 1.77. The lowest BCUT2D eigenvalue weighted by Crippen LogP contribution is -2.40. The average molecular weight is 473 g/mol. The average Bonchev–Trinajstić information content (AvgIpc) is 3.12. The number of thiophene rings is 1. The van der Waals surface area contributed by atoms with E-state index in [0.717, 1.165) is 24.6 Å². The normalized spacial score (nSPS) is 15.0. The van der Waals surface area contributed by atoms with Gasteiger partial charge in [-0.25, -0.2) is 4.99 Å². The van der Waals surface area contributed by atoms with Gasteiger partial charge in [0.1, 0.15) is 5.60 Å². The monoisotopic (exact) mass is 473 g/mol. The van der Waals surface area contributed by atoms with Crippen molar-refractivity contribution in [1.29, 1.82) is 0 Å². The Morgan fingerprint density at radius 3 is 2.52 bits per heavy atom. The minimum absolute atomic E-state index is 0. The van der Waals surface area contributed by atoms with Gasteiger partial charge in [-0.3, -0.25) is 0 Å². The lowest BCUT2D eigenvalue weighted by molar-refractivity contribution is 0.0672. The van der Waals surface area contributed by atoms with Crippen molar-refractivity contribution in [3.8, 4) is 0 Å². The molecule has 2 atom stereocenters. The topological polar surface area (TPSA) is 56.7 Å². The summed E-state index contributed by atoms with van der Waals surface area (Å²) in [5.41, 5.74) is -0.111. The van der Waals surface area contributed by atoms with Crippen molar-refractivity contribution in [2.45, 2.75) is 32.3 Å². The zero-order chi connectivity index (χ0) is 17.4.